The Morgan fingerprint density at radius 2 is 1.96 bits per heavy atom. The molecule has 0 bridgehead atoms. The van der Waals surface area contributed by atoms with Crippen LogP contribution in [-0.2, 0) is 14.3 Å². The van der Waals surface area contributed by atoms with Gasteiger partial charge in [-0.2, -0.15) is 0 Å². The predicted octanol–water partition coefficient (Wildman–Crippen LogP) is 1.61. The minimum absolute atomic E-state index is 0.151. The van der Waals surface area contributed by atoms with Crippen molar-refractivity contribution in [2.24, 2.45) is 11.7 Å². The van der Waals surface area contributed by atoms with Crippen LogP contribution >= 0.6 is 11.6 Å². The summed E-state index contributed by atoms with van der Waals surface area (Å²) < 4.78 is 5.03. The quantitative estimate of drug-likeness (QED) is 0.844. The number of rotatable bonds is 4. The Labute approximate surface area is 139 Å². The van der Waals surface area contributed by atoms with Gasteiger partial charge < -0.3 is 15.4 Å². The molecule has 1 aliphatic rings. The Morgan fingerprint density at radius 1 is 1.30 bits per heavy atom. The number of hydrogen-bond acceptors (Lipinski definition) is 4. The van der Waals surface area contributed by atoms with Gasteiger partial charge in [0.25, 0.3) is 11.8 Å². The Morgan fingerprint density at radius 3 is 2.57 bits per heavy atom. The molecule has 124 valence electrons. The molecule has 2 rings (SSSR count). The maximum Gasteiger partial charge on any atom is 0.311 e. The van der Waals surface area contributed by atoms with E-state index in [9.17, 15) is 14.4 Å². The Bertz CT molecular complexity index is 603. The highest BCUT2D eigenvalue weighted by Gasteiger charge is 2.31. The number of hydrogen-bond donors (Lipinski definition) is 1. The van der Waals surface area contributed by atoms with Gasteiger partial charge in [-0.05, 0) is 44.0 Å². The van der Waals surface area contributed by atoms with Gasteiger partial charge in [-0.25, -0.2) is 0 Å². The highest BCUT2D eigenvalue weighted by Crippen LogP contribution is 2.21. The molecule has 1 heterocycles. The number of carbonyl (C=O) groups is 3. The normalized spacial score (nSPS) is 19.0. The number of esters is 1. The number of piperidine rings is 1. The summed E-state index contributed by atoms with van der Waals surface area (Å²) in [5.41, 5.74) is 5.61. The van der Waals surface area contributed by atoms with E-state index in [2.05, 4.69) is 0 Å². The molecule has 6 nitrogen and oxygen atoms in total. The van der Waals surface area contributed by atoms with Gasteiger partial charge in [-0.3, -0.25) is 14.4 Å². The largest absolute Gasteiger partial charge is 0.452 e. The van der Waals surface area contributed by atoms with Crippen molar-refractivity contribution in [1.82, 2.24) is 4.90 Å². The Kier molecular flexibility index (Phi) is 5.60. The fraction of sp³-hybridized carbons (Fsp3) is 0.438. The molecular weight excluding hydrogens is 320 g/mol. The van der Waals surface area contributed by atoms with E-state index in [0.29, 0.717) is 30.0 Å². The third-order valence-electron chi connectivity index (χ3n) is 3.83. The number of halogens is 1. The van der Waals surface area contributed by atoms with Crippen LogP contribution in [0.1, 0.15) is 30.1 Å². The second-order valence-corrected chi connectivity index (χ2v) is 6.02. The van der Waals surface area contributed by atoms with Crippen molar-refractivity contribution in [3.05, 3.63) is 34.9 Å². The number of likely N-dealkylation sites (tertiary alicyclic amines) is 1. The molecule has 2 N–H and O–H groups in total. The molecule has 1 aromatic rings. The molecule has 2 atom stereocenters. The van der Waals surface area contributed by atoms with Crippen LogP contribution in [0, 0.1) is 5.92 Å². The highest BCUT2D eigenvalue weighted by atomic mass is 35.5. The highest BCUT2D eigenvalue weighted by molar-refractivity contribution is 6.30. The maximum atomic E-state index is 12.5. The molecule has 1 fully saturated rings. The molecule has 7 heteroatoms. The maximum absolute atomic E-state index is 12.5. The predicted molar refractivity (Wildman–Crippen MR) is 84.8 cm³/mol. The summed E-state index contributed by atoms with van der Waals surface area (Å²) in [6, 6.07) is 6.61. The molecule has 0 saturated carbocycles. The first-order chi connectivity index (χ1) is 10.9. The lowest BCUT2D eigenvalue weighted by Gasteiger charge is -2.32. The molecule has 0 spiro atoms. The molecule has 0 aliphatic carbocycles. The van der Waals surface area contributed by atoms with Gasteiger partial charge in [-0.1, -0.05) is 11.6 Å². The van der Waals surface area contributed by atoms with Crippen molar-refractivity contribution in [2.75, 3.05) is 13.1 Å². The van der Waals surface area contributed by atoms with Crippen LogP contribution in [-0.4, -0.2) is 41.9 Å². The van der Waals surface area contributed by atoms with Gasteiger partial charge in [0.15, 0.2) is 6.10 Å². The summed E-state index contributed by atoms with van der Waals surface area (Å²) in [4.78, 5) is 37.1. The topological polar surface area (TPSA) is 89.7 Å². The van der Waals surface area contributed by atoms with Crippen molar-refractivity contribution in [3.8, 4) is 0 Å². The van der Waals surface area contributed by atoms with Crippen molar-refractivity contribution < 1.29 is 19.1 Å². The summed E-state index contributed by atoms with van der Waals surface area (Å²) in [7, 11) is 0. The molecule has 0 radical (unpaired) electrons. The number of ether oxygens (including phenoxy) is 1. The van der Waals surface area contributed by atoms with Crippen LogP contribution in [0.15, 0.2) is 24.3 Å². The van der Waals surface area contributed by atoms with E-state index >= 15 is 0 Å². The summed E-state index contributed by atoms with van der Waals surface area (Å²) >= 11 is 5.82. The van der Waals surface area contributed by atoms with Crippen molar-refractivity contribution >= 4 is 29.4 Å². The average Bonchev–Trinajstić information content (AvgIpc) is 2.54. The number of benzene rings is 1. The minimum atomic E-state index is -0.968. The minimum Gasteiger partial charge on any atom is -0.452 e. The Hall–Kier alpha value is -2.08. The lowest BCUT2D eigenvalue weighted by atomic mass is 9.97. The summed E-state index contributed by atoms with van der Waals surface area (Å²) in [5, 5.41) is 0.557. The number of nitrogens with two attached hydrogens (primary N) is 1. The van der Waals surface area contributed by atoms with Crippen molar-refractivity contribution in [2.45, 2.75) is 25.9 Å². The second kappa shape index (κ2) is 7.46. The van der Waals surface area contributed by atoms with E-state index in [1.165, 1.54) is 6.92 Å². The molecule has 0 aromatic heterocycles. The van der Waals surface area contributed by atoms with Gasteiger partial charge in [0.05, 0.1) is 5.92 Å². The van der Waals surface area contributed by atoms with Gasteiger partial charge >= 0.3 is 5.97 Å². The molecular formula is C16H19ClN2O4. The number of primary amides is 1. The summed E-state index contributed by atoms with van der Waals surface area (Å²) in [5.74, 6) is -1.78. The first kappa shape index (κ1) is 17.3. The van der Waals surface area contributed by atoms with E-state index < -0.39 is 23.9 Å². The summed E-state index contributed by atoms with van der Waals surface area (Å²) in [6.45, 7) is 2.28. The van der Waals surface area contributed by atoms with Crippen molar-refractivity contribution in [1.29, 1.82) is 0 Å². The van der Waals surface area contributed by atoms with Gasteiger partial charge in [0.1, 0.15) is 0 Å². The zero-order valence-electron chi connectivity index (χ0n) is 12.8. The van der Waals surface area contributed by atoms with Crippen molar-refractivity contribution in [3.63, 3.8) is 0 Å². The number of nitrogens with zero attached hydrogens (tertiary/aromatic N) is 1. The van der Waals surface area contributed by atoms with Crippen LogP contribution in [0.4, 0.5) is 0 Å². The number of amides is 2. The van der Waals surface area contributed by atoms with E-state index in [-0.39, 0.29) is 12.5 Å². The van der Waals surface area contributed by atoms with Crippen LogP contribution in [0.5, 0.6) is 0 Å². The van der Waals surface area contributed by atoms with Gasteiger partial charge in [0.2, 0.25) is 0 Å². The van der Waals surface area contributed by atoms with Crippen LogP contribution in [0.25, 0.3) is 0 Å². The van der Waals surface area contributed by atoms with Crippen LogP contribution in [0.2, 0.25) is 5.02 Å². The second-order valence-electron chi connectivity index (χ2n) is 5.58. The lowest BCUT2D eigenvalue weighted by molar-refractivity contribution is -0.159. The van der Waals surface area contributed by atoms with E-state index in [1.54, 1.807) is 29.2 Å². The van der Waals surface area contributed by atoms with Gasteiger partial charge in [-0.15, -0.1) is 0 Å². The van der Waals surface area contributed by atoms with Crippen LogP contribution < -0.4 is 5.73 Å². The molecule has 1 aromatic carbocycles. The monoisotopic (exact) mass is 338 g/mol. The fourth-order valence-corrected chi connectivity index (χ4v) is 2.58. The molecule has 1 aliphatic heterocycles. The first-order valence-corrected chi connectivity index (χ1v) is 7.81. The van der Waals surface area contributed by atoms with E-state index in [4.69, 9.17) is 22.1 Å². The number of carbonyl (C=O) groups excluding carboxylic acids is 3. The van der Waals surface area contributed by atoms with Crippen LogP contribution in [0.3, 0.4) is 0 Å². The van der Waals surface area contributed by atoms with Gasteiger partial charge in [0, 0.05) is 23.7 Å². The average molecular weight is 339 g/mol. The molecule has 23 heavy (non-hydrogen) atoms. The third-order valence-corrected chi connectivity index (χ3v) is 4.08. The Balaban J connectivity index is 2.00. The third kappa shape index (κ3) is 4.45. The standard InChI is InChI=1S/C16H19ClN2O4/c1-10(14(18)20)23-16(22)12-3-2-8-19(9-12)15(21)11-4-6-13(17)7-5-11/h4-7,10,12H,2-3,8-9H2,1H3,(H2,18,20). The molecule has 1 saturated heterocycles. The fourth-order valence-electron chi connectivity index (χ4n) is 2.46. The zero-order chi connectivity index (χ0) is 17.0. The van der Waals surface area contributed by atoms with E-state index in [0.717, 1.165) is 0 Å². The first-order valence-electron chi connectivity index (χ1n) is 7.43. The zero-order valence-corrected chi connectivity index (χ0v) is 13.6. The van der Waals surface area contributed by atoms with E-state index in [1.807, 2.05) is 0 Å². The molecule has 2 amide bonds. The lowest BCUT2D eigenvalue weighted by Crippen LogP contribution is -2.44. The smallest absolute Gasteiger partial charge is 0.311 e. The summed E-state index contributed by atoms with van der Waals surface area (Å²) in [6.07, 6.45) is 0.350. The molecule has 2 unspecified atom stereocenters. The SMILES string of the molecule is CC(OC(=O)C1CCCN(C(=O)c2ccc(Cl)cc2)C1)C(N)=O.